The largest absolute Gasteiger partial charge is 0.497 e. The van der Waals surface area contributed by atoms with Gasteiger partial charge in [0.05, 0.1) is 26.3 Å². The first kappa shape index (κ1) is 20.9. The maximum absolute atomic E-state index is 13.0. The first-order chi connectivity index (χ1) is 14.5. The van der Waals surface area contributed by atoms with Crippen molar-refractivity contribution in [3.8, 4) is 11.5 Å². The molecule has 8 nitrogen and oxygen atoms in total. The molecule has 3 rings (SSSR count). The molecule has 1 aliphatic heterocycles. The second kappa shape index (κ2) is 9.13. The standard InChI is InChI=1S/C22H23N3O5/c1-4-13-24(22(28)23-15-5-9-17(29-2)10-6-15)19-14-20(26)25(21(19)27)16-7-11-18(30-3)12-8-16/h4-12,19H,1,13-14H2,2-3H3,(H,23,28). The van der Waals surface area contributed by atoms with E-state index in [0.29, 0.717) is 22.9 Å². The van der Waals surface area contributed by atoms with Gasteiger partial charge in [-0.1, -0.05) is 6.08 Å². The molecule has 8 heteroatoms. The average Bonchev–Trinajstić information content (AvgIpc) is 3.06. The monoisotopic (exact) mass is 409 g/mol. The fourth-order valence-corrected chi connectivity index (χ4v) is 3.22. The molecule has 1 N–H and O–H groups in total. The number of methoxy groups -OCH3 is 2. The normalized spacial score (nSPS) is 15.7. The van der Waals surface area contributed by atoms with Crippen LogP contribution in [0.5, 0.6) is 11.5 Å². The Labute approximate surface area is 174 Å². The van der Waals surface area contributed by atoms with Crippen molar-refractivity contribution in [3.05, 3.63) is 61.2 Å². The Balaban J connectivity index is 1.79. The number of carbonyl (C=O) groups is 3. The van der Waals surface area contributed by atoms with E-state index in [0.717, 1.165) is 4.90 Å². The summed E-state index contributed by atoms with van der Waals surface area (Å²) in [7, 11) is 3.09. The SMILES string of the molecule is C=CCN(C(=O)Nc1ccc(OC)cc1)C1CC(=O)N(c2ccc(OC)cc2)C1=O. The van der Waals surface area contributed by atoms with E-state index in [2.05, 4.69) is 11.9 Å². The van der Waals surface area contributed by atoms with E-state index in [9.17, 15) is 14.4 Å². The number of nitrogens with zero attached hydrogens (tertiary/aromatic N) is 2. The van der Waals surface area contributed by atoms with E-state index in [1.54, 1.807) is 55.6 Å². The van der Waals surface area contributed by atoms with E-state index >= 15 is 0 Å². The van der Waals surface area contributed by atoms with Crippen LogP contribution >= 0.6 is 0 Å². The van der Waals surface area contributed by atoms with E-state index in [1.165, 1.54) is 18.1 Å². The highest BCUT2D eigenvalue weighted by molar-refractivity contribution is 6.23. The number of amides is 4. The average molecular weight is 409 g/mol. The van der Waals surface area contributed by atoms with Crippen LogP contribution in [-0.4, -0.2) is 49.6 Å². The van der Waals surface area contributed by atoms with Crippen molar-refractivity contribution >= 4 is 29.2 Å². The highest BCUT2D eigenvalue weighted by Crippen LogP contribution is 2.28. The van der Waals surface area contributed by atoms with E-state index in [1.807, 2.05) is 0 Å². The molecule has 1 fully saturated rings. The Morgan fingerprint density at radius 3 is 2.20 bits per heavy atom. The Morgan fingerprint density at radius 1 is 1.10 bits per heavy atom. The molecule has 0 saturated carbocycles. The Kier molecular flexibility index (Phi) is 6.36. The fraction of sp³-hybridized carbons (Fsp3) is 0.227. The highest BCUT2D eigenvalue weighted by atomic mass is 16.5. The molecule has 2 aromatic carbocycles. The first-order valence-electron chi connectivity index (χ1n) is 9.32. The van der Waals surface area contributed by atoms with Gasteiger partial charge in [0.15, 0.2) is 0 Å². The molecule has 0 bridgehead atoms. The maximum atomic E-state index is 13.0. The Morgan fingerprint density at radius 2 is 1.67 bits per heavy atom. The fourth-order valence-electron chi connectivity index (χ4n) is 3.22. The van der Waals surface area contributed by atoms with E-state index in [-0.39, 0.29) is 18.9 Å². The molecule has 1 heterocycles. The lowest BCUT2D eigenvalue weighted by atomic mass is 10.2. The van der Waals surface area contributed by atoms with Crippen molar-refractivity contribution in [3.63, 3.8) is 0 Å². The zero-order chi connectivity index (χ0) is 21.7. The minimum atomic E-state index is -0.921. The minimum absolute atomic E-state index is 0.102. The van der Waals surface area contributed by atoms with Gasteiger partial charge >= 0.3 is 6.03 Å². The number of nitrogens with one attached hydrogen (secondary N) is 1. The second-order valence-corrected chi connectivity index (χ2v) is 6.59. The van der Waals surface area contributed by atoms with Gasteiger partial charge in [-0.05, 0) is 48.5 Å². The number of imide groups is 1. The van der Waals surface area contributed by atoms with Crippen LogP contribution in [-0.2, 0) is 9.59 Å². The van der Waals surface area contributed by atoms with Gasteiger partial charge in [0.2, 0.25) is 5.91 Å². The van der Waals surface area contributed by atoms with Crippen LogP contribution in [0.4, 0.5) is 16.2 Å². The Hall–Kier alpha value is -3.81. The van der Waals surface area contributed by atoms with Gasteiger partial charge in [-0.25, -0.2) is 9.69 Å². The van der Waals surface area contributed by atoms with Gasteiger partial charge in [0.1, 0.15) is 17.5 Å². The summed E-state index contributed by atoms with van der Waals surface area (Å²) >= 11 is 0. The number of carbonyl (C=O) groups excluding carboxylic acids is 3. The van der Waals surface area contributed by atoms with Crippen LogP contribution < -0.4 is 19.7 Å². The molecule has 156 valence electrons. The third kappa shape index (κ3) is 4.27. The van der Waals surface area contributed by atoms with Gasteiger partial charge in [-0.15, -0.1) is 6.58 Å². The summed E-state index contributed by atoms with van der Waals surface area (Å²) in [5, 5.41) is 2.75. The van der Waals surface area contributed by atoms with Crippen LogP contribution in [0, 0.1) is 0 Å². The lowest BCUT2D eigenvalue weighted by Crippen LogP contribution is -2.47. The van der Waals surface area contributed by atoms with Gasteiger partial charge < -0.3 is 19.7 Å². The molecule has 1 unspecified atom stereocenters. The molecule has 0 spiro atoms. The lowest BCUT2D eigenvalue weighted by molar-refractivity contribution is -0.122. The maximum Gasteiger partial charge on any atom is 0.322 e. The molecule has 4 amide bonds. The van der Waals surface area contributed by atoms with Gasteiger partial charge in [0, 0.05) is 12.2 Å². The number of anilines is 2. The quantitative estimate of drug-likeness (QED) is 0.561. The van der Waals surface area contributed by atoms with Crippen molar-refractivity contribution in [1.82, 2.24) is 4.90 Å². The predicted molar refractivity (Wildman–Crippen MR) is 113 cm³/mol. The number of ether oxygens (including phenoxy) is 2. The Bertz CT molecular complexity index is 940. The van der Waals surface area contributed by atoms with Crippen molar-refractivity contribution in [2.24, 2.45) is 0 Å². The van der Waals surface area contributed by atoms with E-state index in [4.69, 9.17) is 9.47 Å². The number of hydrogen-bond acceptors (Lipinski definition) is 5. The molecule has 0 radical (unpaired) electrons. The molecule has 1 saturated heterocycles. The van der Waals surface area contributed by atoms with Gasteiger partial charge in [-0.2, -0.15) is 0 Å². The molecule has 0 aromatic heterocycles. The van der Waals surface area contributed by atoms with Crippen LogP contribution in [0.15, 0.2) is 61.2 Å². The summed E-state index contributed by atoms with van der Waals surface area (Å²) in [6, 6.07) is 12.0. The second-order valence-electron chi connectivity index (χ2n) is 6.59. The van der Waals surface area contributed by atoms with Crippen LogP contribution in [0.25, 0.3) is 0 Å². The van der Waals surface area contributed by atoms with Gasteiger partial charge in [0.25, 0.3) is 5.91 Å². The third-order valence-corrected chi connectivity index (χ3v) is 4.76. The topological polar surface area (TPSA) is 88.2 Å². The van der Waals surface area contributed by atoms with Crippen molar-refractivity contribution < 1.29 is 23.9 Å². The number of benzene rings is 2. The zero-order valence-electron chi connectivity index (χ0n) is 16.8. The zero-order valence-corrected chi connectivity index (χ0v) is 16.8. The van der Waals surface area contributed by atoms with Crippen LogP contribution in [0.3, 0.4) is 0 Å². The summed E-state index contributed by atoms with van der Waals surface area (Å²) < 4.78 is 10.2. The summed E-state index contributed by atoms with van der Waals surface area (Å²) in [5.74, 6) is 0.433. The predicted octanol–water partition coefficient (Wildman–Crippen LogP) is 3.06. The van der Waals surface area contributed by atoms with Crippen molar-refractivity contribution in [2.75, 3.05) is 31.0 Å². The third-order valence-electron chi connectivity index (χ3n) is 4.76. The molecule has 1 atom stereocenters. The molecule has 1 aliphatic rings. The minimum Gasteiger partial charge on any atom is -0.497 e. The van der Waals surface area contributed by atoms with Crippen LogP contribution in [0.1, 0.15) is 6.42 Å². The summed E-state index contributed by atoms with van der Waals surface area (Å²) in [5.41, 5.74) is 0.973. The number of urea groups is 1. The van der Waals surface area contributed by atoms with Crippen molar-refractivity contribution in [2.45, 2.75) is 12.5 Å². The number of hydrogen-bond donors (Lipinski definition) is 1. The molecule has 0 aliphatic carbocycles. The first-order valence-corrected chi connectivity index (χ1v) is 9.32. The highest BCUT2D eigenvalue weighted by Gasteiger charge is 2.44. The molecular weight excluding hydrogens is 386 g/mol. The molecule has 2 aromatic rings. The smallest absolute Gasteiger partial charge is 0.322 e. The van der Waals surface area contributed by atoms with E-state index < -0.39 is 18.0 Å². The summed E-state index contributed by atoms with van der Waals surface area (Å²) in [6.07, 6.45) is 1.41. The summed E-state index contributed by atoms with van der Waals surface area (Å²) in [6.45, 7) is 3.78. The molecular formula is C22H23N3O5. The lowest BCUT2D eigenvalue weighted by Gasteiger charge is -2.26. The van der Waals surface area contributed by atoms with Crippen LogP contribution in [0.2, 0.25) is 0 Å². The van der Waals surface area contributed by atoms with Crippen molar-refractivity contribution in [1.29, 1.82) is 0 Å². The number of rotatable bonds is 7. The van der Waals surface area contributed by atoms with Gasteiger partial charge in [-0.3, -0.25) is 9.59 Å². The summed E-state index contributed by atoms with van der Waals surface area (Å²) in [4.78, 5) is 40.9. The molecule has 30 heavy (non-hydrogen) atoms.